The predicted molar refractivity (Wildman–Crippen MR) is 76.4 cm³/mol. The number of hydrogen-bond donors (Lipinski definition) is 1. The summed E-state index contributed by atoms with van der Waals surface area (Å²) < 4.78 is 0. The van der Waals surface area contributed by atoms with Crippen molar-refractivity contribution in [1.29, 1.82) is 0 Å². The van der Waals surface area contributed by atoms with E-state index in [4.69, 9.17) is 0 Å². The Morgan fingerprint density at radius 1 is 1.11 bits per heavy atom. The monoisotopic (exact) mass is 273 g/mol. The van der Waals surface area contributed by atoms with E-state index in [0.717, 1.165) is 16.0 Å². The van der Waals surface area contributed by atoms with Crippen LogP contribution in [-0.4, -0.2) is 11.7 Å². The number of amides is 1. The smallest absolute Gasteiger partial charge is 0.292 e. The molecule has 0 radical (unpaired) electrons. The molecule has 0 saturated carbocycles. The number of aryl methyl sites for hydroxylation is 2. The summed E-state index contributed by atoms with van der Waals surface area (Å²) in [4.78, 5) is 24.7. The molecule has 0 aliphatic carbocycles. The maximum absolute atomic E-state index is 11.9. The van der Waals surface area contributed by atoms with Crippen LogP contribution < -0.4 is 5.32 Å². The number of thiophene rings is 1. The second-order valence-electron chi connectivity index (χ2n) is 4.40. The topological polar surface area (TPSA) is 46.2 Å². The lowest BCUT2D eigenvalue weighted by molar-refractivity contribution is -0.117. The number of carbonyl (C=O) groups excluding carboxylic acids is 2. The van der Waals surface area contributed by atoms with Gasteiger partial charge in [-0.1, -0.05) is 29.8 Å². The molecule has 3 nitrogen and oxygen atoms in total. The van der Waals surface area contributed by atoms with Crippen molar-refractivity contribution in [3.8, 4) is 0 Å². The van der Waals surface area contributed by atoms with E-state index in [9.17, 15) is 9.59 Å². The molecule has 0 saturated heterocycles. The Morgan fingerprint density at radius 3 is 2.37 bits per heavy atom. The Kier molecular flexibility index (Phi) is 4.12. The fourth-order valence-corrected chi connectivity index (χ4v) is 2.51. The molecule has 0 aliphatic rings. The Morgan fingerprint density at radius 2 is 1.79 bits per heavy atom. The van der Waals surface area contributed by atoms with Crippen LogP contribution in [0.1, 0.15) is 26.4 Å². The third-order valence-electron chi connectivity index (χ3n) is 2.90. The van der Waals surface area contributed by atoms with E-state index in [1.54, 1.807) is 23.5 Å². The number of carbonyl (C=O) groups is 2. The molecule has 19 heavy (non-hydrogen) atoms. The highest BCUT2D eigenvalue weighted by atomic mass is 32.1. The normalized spacial score (nSPS) is 10.2. The minimum Gasteiger partial charge on any atom is -0.344 e. The standard InChI is InChI=1S/C15H15NO2S/c1-10-3-5-12(6-4-10)14(17)15(18)16-9-13-11(2)7-8-19-13/h3-8H,9H2,1-2H3,(H,16,18). The van der Waals surface area contributed by atoms with Crippen LogP contribution in [0.3, 0.4) is 0 Å². The van der Waals surface area contributed by atoms with E-state index in [-0.39, 0.29) is 0 Å². The Bertz CT molecular complexity index is 599. The van der Waals surface area contributed by atoms with Crippen molar-refractivity contribution >= 4 is 23.0 Å². The molecule has 1 aromatic carbocycles. The maximum atomic E-state index is 11.9. The second kappa shape index (κ2) is 5.80. The van der Waals surface area contributed by atoms with E-state index >= 15 is 0 Å². The number of benzene rings is 1. The molecule has 2 aromatic rings. The lowest BCUT2D eigenvalue weighted by atomic mass is 10.1. The molecule has 0 spiro atoms. The average molecular weight is 273 g/mol. The van der Waals surface area contributed by atoms with Gasteiger partial charge in [-0.15, -0.1) is 11.3 Å². The van der Waals surface area contributed by atoms with Crippen LogP contribution in [-0.2, 0) is 11.3 Å². The van der Waals surface area contributed by atoms with Crippen molar-refractivity contribution in [2.24, 2.45) is 0 Å². The quantitative estimate of drug-likeness (QED) is 0.687. The summed E-state index contributed by atoms with van der Waals surface area (Å²) in [5.74, 6) is -1.05. The zero-order valence-corrected chi connectivity index (χ0v) is 11.7. The molecule has 0 atom stereocenters. The zero-order chi connectivity index (χ0) is 13.8. The number of Topliss-reactive ketones (excluding diaryl/α,β-unsaturated/α-hetero) is 1. The van der Waals surface area contributed by atoms with Crippen molar-refractivity contribution in [3.63, 3.8) is 0 Å². The summed E-state index contributed by atoms with van der Waals surface area (Å²) in [6, 6.07) is 8.99. The first-order valence-electron chi connectivity index (χ1n) is 6.00. The summed E-state index contributed by atoms with van der Waals surface area (Å²) >= 11 is 1.57. The molecular formula is C15H15NO2S. The maximum Gasteiger partial charge on any atom is 0.292 e. The molecule has 0 bridgehead atoms. The van der Waals surface area contributed by atoms with E-state index in [0.29, 0.717) is 12.1 Å². The number of nitrogens with one attached hydrogen (secondary N) is 1. The molecule has 1 heterocycles. The van der Waals surface area contributed by atoms with Crippen LogP contribution in [0.4, 0.5) is 0 Å². The van der Waals surface area contributed by atoms with Gasteiger partial charge in [-0.05, 0) is 30.9 Å². The van der Waals surface area contributed by atoms with Crippen LogP contribution in [0, 0.1) is 13.8 Å². The molecule has 0 unspecified atom stereocenters. The summed E-state index contributed by atoms with van der Waals surface area (Å²) in [7, 11) is 0. The third-order valence-corrected chi connectivity index (χ3v) is 3.92. The van der Waals surface area contributed by atoms with Gasteiger partial charge in [-0.3, -0.25) is 9.59 Å². The van der Waals surface area contributed by atoms with Crippen LogP contribution in [0.5, 0.6) is 0 Å². The molecule has 1 N–H and O–H groups in total. The first-order valence-corrected chi connectivity index (χ1v) is 6.88. The summed E-state index contributed by atoms with van der Waals surface area (Å²) in [6.07, 6.45) is 0. The van der Waals surface area contributed by atoms with Gasteiger partial charge in [0.1, 0.15) is 0 Å². The Balaban J connectivity index is 1.98. The van der Waals surface area contributed by atoms with Gasteiger partial charge in [-0.25, -0.2) is 0 Å². The van der Waals surface area contributed by atoms with E-state index in [2.05, 4.69) is 5.32 Å². The summed E-state index contributed by atoms with van der Waals surface area (Å²) in [5, 5.41) is 4.63. The highest BCUT2D eigenvalue weighted by Crippen LogP contribution is 2.14. The molecule has 4 heteroatoms. The van der Waals surface area contributed by atoms with Gasteiger partial charge in [0, 0.05) is 10.4 Å². The Hall–Kier alpha value is -1.94. The largest absolute Gasteiger partial charge is 0.344 e. The number of rotatable bonds is 4. The fourth-order valence-electron chi connectivity index (χ4n) is 1.66. The van der Waals surface area contributed by atoms with Gasteiger partial charge in [-0.2, -0.15) is 0 Å². The van der Waals surface area contributed by atoms with E-state index in [1.165, 1.54) is 0 Å². The lowest BCUT2D eigenvalue weighted by Gasteiger charge is -2.04. The minimum atomic E-state index is -0.559. The number of ketones is 1. The SMILES string of the molecule is Cc1ccc(C(=O)C(=O)NCc2sccc2C)cc1. The fraction of sp³-hybridized carbons (Fsp3) is 0.200. The van der Waals surface area contributed by atoms with Gasteiger partial charge in [0.25, 0.3) is 5.91 Å². The summed E-state index contributed by atoms with van der Waals surface area (Å²) in [6.45, 7) is 4.33. The molecule has 1 aromatic heterocycles. The molecule has 2 rings (SSSR count). The van der Waals surface area contributed by atoms with Gasteiger partial charge >= 0.3 is 0 Å². The summed E-state index contributed by atoms with van der Waals surface area (Å²) in [5.41, 5.74) is 2.62. The van der Waals surface area contributed by atoms with Crippen molar-refractivity contribution in [2.45, 2.75) is 20.4 Å². The lowest BCUT2D eigenvalue weighted by Crippen LogP contribution is -2.30. The zero-order valence-electron chi connectivity index (χ0n) is 10.9. The van der Waals surface area contributed by atoms with E-state index < -0.39 is 11.7 Å². The second-order valence-corrected chi connectivity index (χ2v) is 5.41. The van der Waals surface area contributed by atoms with Gasteiger partial charge in [0.05, 0.1) is 6.54 Å². The van der Waals surface area contributed by atoms with Crippen LogP contribution in [0.15, 0.2) is 35.7 Å². The molecule has 0 fully saturated rings. The average Bonchev–Trinajstić information content (AvgIpc) is 2.81. The van der Waals surface area contributed by atoms with Gasteiger partial charge in [0.2, 0.25) is 5.78 Å². The van der Waals surface area contributed by atoms with Crippen LogP contribution in [0.25, 0.3) is 0 Å². The molecule has 98 valence electrons. The highest BCUT2D eigenvalue weighted by Gasteiger charge is 2.15. The van der Waals surface area contributed by atoms with Crippen LogP contribution >= 0.6 is 11.3 Å². The predicted octanol–water partition coefficient (Wildman–Crippen LogP) is 2.86. The molecule has 0 aliphatic heterocycles. The minimum absolute atomic E-state index is 0.403. The van der Waals surface area contributed by atoms with E-state index in [1.807, 2.05) is 37.4 Å². The van der Waals surface area contributed by atoms with Crippen molar-refractivity contribution in [1.82, 2.24) is 5.32 Å². The first kappa shape index (κ1) is 13.5. The van der Waals surface area contributed by atoms with Crippen LogP contribution in [0.2, 0.25) is 0 Å². The Labute approximate surface area is 116 Å². The van der Waals surface area contributed by atoms with Gasteiger partial charge < -0.3 is 5.32 Å². The first-order chi connectivity index (χ1) is 9.08. The number of hydrogen-bond acceptors (Lipinski definition) is 3. The van der Waals surface area contributed by atoms with Crippen molar-refractivity contribution < 1.29 is 9.59 Å². The molecule has 1 amide bonds. The van der Waals surface area contributed by atoms with Gasteiger partial charge in [0.15, 0.2) is 0 Å². The highest BCUT2D eigenvalue weighted by molar-refractivity contribution is 7.10. The van der Waals surface area contributed by atoms with Crippen molar-refractivity contribution in [2.75, 3.05) is 0 Å². The van der Waals surface area contributed by atoms with Crippen molar-refractivity contribution in [3.05, 3.63) is 57.3 Å². The third kappa shape index (κ3) is 3.29. The molecular weight excluding hydrogens is 258 g/mol.